The van der Waals surface area contributed by atoms with Gasteiger partial charge in [-0.15, -0.1) is 0 Å². The average Bonchev–Trinajstić information content (AvgIpc) is 2.25. The van der Waals surface area contributed by atoms with Crippen LogP contribution in [0.4, 0.5) is 8.78 Å². The van der Waals surface area contributed by atoms with E-state index < -0.39 is 30.4 Å². The zero-order valence-corrected chi connectivity index (χ0v) is 6.99. The Morgan fingerprint density at radius 2 is 2.17 bits per heavy atom. The number of alkyl halides is 2. The maximum atomic E-state index is 12.7. The molecule has 1 fully saturated rings. The van der Waals surface area contributed by atoms with Gasteiger partial charge in [-0.1, -0.05) is 0 Å². The third kappa shape index (κ3) is 1.55. The van der Waals surface area contributed by atoms with Crippen LogP contribution in [0.5, 0.6) is 0 Å². The largest absolute Gasteiger partial charge is 0.468 e. The summed E-state index contributed by atoms with van der Waals surface area (Å²) in [5.74, 6) is -3.44. The molecule has 0 unspecified atom stereocenters. The number of esters is 1. The molecule has 3 nitrogen and oxygen atoms in total. The van der Waals surface area contributed by atoms with Crippen molar-refractivity contribution < 1.29 is 18.3 Å². The highest BCUT2D eigenvalue weighted by Crippen LogP contribution is 2.32. The van der Waals surface area contributed by atoms with Gasteiger partial charge in [-0.3, -0.25) is 10.1 Å². The monoisotopic (exact) mass is 179 g/mol. The Bertz CT molecular complexity index is 208. The molecule has 0 spiro atoms. The molecule has 1 atom stereocenters. The number of methoxy groups -OCH3 is 1. The van der Waals surface area contributed by atoms with Gasteiger partial charge in [0, 0.05) is 6.42 Å². The van der Waals surface area contributed by atoms with Crippen molar-refractivity contribution in [1.82, 2.24) is 5.32 Å². The summed E-state index contributed by atoms with van der Waals surface area (Å²) >= 11 is 0. The molecule has 0 aliphatic carbocycles. The quantitative estimate of drug-likeness (QED) is 0.597. The molecule has 1 rings (SSSR count). The van der Waals surface area contributed by atoms with E-state index in [1.807, 2.05) is 0 Å². The van der Waals surface area contributed by atoms with E-state index in [1.54, 1.807) is 0 Å². The SMILES string of the molecule is COC(=O)[C@]1(C)CC(F)(F)CN1. The third-order valence-corrected chi connectivity index (χ3v) is 1.99. The molecule has 0 aromatic carbocycles. The normalized spacial score (nSPS) is 33.3. The zero-order valence-electron chi connectivity index (χ0n) is 6.99. The second-order valence-electron chi connectivity index (χ2n) is 3.21. The number of rotatable bonds is 1. The van der Waals surface area contributed by atoms with Gasteiger partial charge in [-0.25, -0.2) is 8.78 Å². The molecule has 1 saturated heterocycles. The van der Waals surface area contributed by atoms with E-state index in [2.05, 4.69) is 10.1 Å². The van der Waals surface area contributed by atoms with Gasteiger partial charge >= 0.3 is 5.97 Å². The van der Waals surface area contributed by atoms with Crippen molar-refractivity contribution in [2.75, 3.05) is 13.7 Å². The highest BCUT2D eigenvalue weighted by Gasteiger charge is 2.51. The number of hydrogen-bond donors (Lipinski definition) is 1. The fraction of sp³-hybridized carbons (Fsp3) is 0.857. The fourth-order valence-corrected chi connectivity index (χ4v) is 1.34. The minimum Gasteiger partial charge on any atom is -0.468 e. The fourth-order valence-electron chi connectivity index (χ4n) is 1.34. The van der Waals surface area contributed by atoms with Crippen LogP contribution >= 0.6 is 0 Å². The lowest BCUT2D eigenvalue weighted by Gasteiger charge is -2.19. The Kier molecular flexibility index (Phi) is 2.07. The van der Waals surface area contributed by atoms with E-state index in [0.717, 1.165) is 0 Å². The second kappa shape index (κ2) is 2.65. The summed E-state index contributed by atoms with van der Waals surface area (Å²) in [6.07, 6.45) is -0.493. The van der Waals surface area contributed by atoms with Crippen molar-refractivity contribution in [2.24, 2.45) is 0 Å². The van der Waals surface area contributed by atoms with Crippen molar-refractivity contribution in [3.8, 4) is 0 Å². The Morgan fingerprint density at radius 1 is 1.58 bits per heavy atom. The van der Waals surface area contributed by atoms with E-state index in [9.17, 15) is 13.6 Å². The van der Waals surface area contributed by atoms with Crippen LogP contribution in [0.1, 0.15) is 13.3 Å². The van der Waals surface area contributed by atoms with Crippen molar-refractivity contribution >= 4 is 5.97 Å². The number of ether oxygens (including phenoxy) is 1. The molecule has 0 aromatic heterocycles. The predicted molar refractivity (Wildman–Crippen MR) is 38.0 cm³/mol. The first kappa shape index (κ1) is 9.38. The number of carbonyl (C=O) groups is 1. The summed E-state index contributed by atoms with van der Waals surface area (Å²) in [6.45, 7) is 0.957. The molecule has 1 aliphatic rings. The lowest BCUT2D eigenvalue weighted by Crippen LogP contribution is -2.45. The summed E-state index contributed by atoms with van der Waals surface area (Å²) in [5.41, 5.74) is -1.22. The average molecular weight is 179 g/mol. The van der Waals surface area contributed by atoms with Gasteiger partial charge in [0.15, 0.2) is 0 Å². The van der Waals surface area contributed by atoms with Crippen molar-refractivity contribution in [1.29, 1.82) is 0 Å². The highest BCUT2D eigenvalue weighted by atomic mass is 19.3. The zero-order chi connectivity index (χ0) is 9.41. The lowest BCUT2D eigenvalue weighted by atomic mass is 9.99. The van der Waals surface area contributed by atoms with Gasteiger partial charge in [0.1, 0.15) is 5.54 Å². The van der Waals surface area contributed by atoms with E-state index in [1.165, 1.54) is 14.0 Å². The molecule has 0 aromatic rings. The summed E-state index contributed by atoms with van der Waals surface area (Å²) in [4.78, 5) is 11.0. The van der Waals surface area contributed by atoms with Crippen LogP contribution in [0, 0.1) is 0 Å². The first-order valence-corrected chi connectivity index (χ1v) is 3.61. The van der Waals surface area contributed by atoms with Crippen LogP contribution in [0.15, 0.2) is 0 Å². The predicted octanol–water partition coefficient (Wildman–Crippen LogP) is 0.547. The van der Waals surface area contributed by atoms with Crippen LogP contribution in [-0.2, 0) is 9.53 Å². The Morgan fingerprint density at radius 3 is 2.50 bits per heavy atom. The summed E-state index contributed by atoms with van der Waals surface area (Å²) < 4.78 is 29.7. The topological polar surface area (TPSA) is 38.3 Å². The van der Waals surface area contributed by atoms with Crippen molar-refractivity contribution in [3.05, 3.63) is 0 Å². The molecule has 0 radical (unpaired) electrons. The number of hydrogen-bond acceptors (Lipinski definition) is 3. The molecular weight excluding hydrogens is 168 g/mol. The molecule has 0 bridgehead atoms. The van der Waals surface area contributed by atoms with Crippen molar-refractivity contribution in [2.45, 2.75) is 24.8 Å². The van der Waals surface area contributed by atoms with Gasteiger partial charge in [-0.2, -0.15) is 0 Å². The van der Waals surface area contributed by atoms with Gasteiger partial charge in [-0.05, 0) is 6.92 Å². The van der Waals surface area contributed by atoms with E-state index >= 15 is 0 Å². The van der Waals surface area contributed by atoms with Crippen LogP contribution in [0.2, 0.25) is 0 Å². The van der Waals surface area contributed by atoms with Gasteiger partial charge in [0.2, 0.25) is 0 Å². The van der Waals surface area contributed by atoms with E-state index in [4.69, 9.17) is 0 Å². The Hall–Kier alpha value is -0.710. The van der Waals surface area contributed by atoms with E-state index in [0.29, 0.717) is 0 Å². The standard InChI is InChI=1S/C7H11F2NO2/c1-6(5(11)12-2)3-7(8,9)4-10-6/h10H,3-4H2,1-2H3/t6-/m0/s1. The maximum absolute atomic E-state index is 12.7. The van der Waals surface area contributed by atoms with Crippen LogP contribution in [0.25, 0.3) is 0 Å². The van der Waals surface area contributed by atoms with Crippen LogP contribution in [0.3, 0.4) is 0 Å². The number of carbonyl (C=O) groups excluding carboxylic acids is 1. The summed E-state index contributed by atoms with van der Waals surface area (Å²) in [7, 11) is 1.19. The highest BCUT2D eigenvalue weighted by molar-refractivity contribution is 5.80. The second-order valence-corrected chi connectivity index (χ2v) is 3.21. The third-order valence-electron chi connectivity index (χ3n) is 1.99. The molecule has 12 heavy (non-hydrogen) atoms. The molecular formula is C7H11F2NO2. The molecule has 0 amide bonds. The molecule has 1 N–H and O–H groups in total. The molecule has 5 heteroatoms. The smallest absolute Gasteiger partial charge is 0.326 e. The van der Waals surface area contributed by atoms with E-state index in [-0.39, 0.29) is 0 Å². The minimum absolute atomic E-state index is 0.460. The molecule has 1 heterocycles. The molecule has 0 saturated carbocycles. The molecule has 70 valence electrons. The van der Waals surface area contributed by atoms with Crippen LogP contribution < -0.4 is 5.32 Å². The lowest BCUT2D eigenvalue weighted by molar-refractivity contribution is -0.148. The van der Waals surface area contributed by atoms with Crippen LogP contribution in [-0.4, -0.2) is 31.1 Å². The Balaban J connectivity index is 2.71. The first-order chi connectivity index (χ1) is 5.40. The summed E-state index contributed by atoms with van der Waals surface area (Å²) in [5, 5.41) is 2.45. The minimum atomic E-state index is -2.80. The number of nitrogens with one attached hydrogen (secondary N) is 1. The Labute approximate surface area is 69.1 Å². The summed E-state index contributed by atoms with van der Waals surface area (Å²) in [6, 6.07) is 0. The molecule has 1 aliphatic heterocycles. The van der Waals surface area contributed by atoms with Gasteiger partial charge < -0.3 is 4.74 Å². The first-order valence-electron chi connectivity index (χ1n) is 3.61. The van der Waals surface area contributed by atoms with Crippen molar-refractivity contribution in [3.63, 3.8) is 0 Å². The maximum Gasteiger partial charge on any atom is 0.326 e. The van der Waals surface area contributed by atoms with Gasteiger partial charge in [0.05, 0.1) is 13.7 Å². The number of halogens is 2. The van der Waals surface area contributed by atoms with Gasteiger partial charge in [0.25, 0.3) is 5.92 Å².